The fraction of sp³-hybridized carbons (Fsp3) is 0. The molecule has 0 atom stereocenters. The highest BCUT2D eigenvalue weighted by molar-refractivity contribution is 6.42. The van der Waals surface area contributed by atoms with Gasteiger partial charge in [-0.25, -0.2) is 8.78 Å². The fourth-order valence-corrected chi connectivity index (χ4v) is 2.59. The summed E-state index contributed by atoms with van der Waals surface area (Å²) in [6.45, 7) is 0. The third kappa shape index (κ3) is 5.39. The second-order valence-corrected chi connectivity index (χ2v) is 6.41. The first kappa shape index (κ1) is 19.1. The number of nitrogens with one attached hydrogen (secondary N) is 1. The first-order valence-corrected chi connectivity index (χ1v) is 8.75. The van der Waals surface area contributed by atoms with Gasteiger partial charge in [-0.1, -0.05) is 29.3 Å². The molecule has 0 aliphatic carbocycles. The van der Waals surface area contributed by atoms with E-state index in [1.807, 2.05) is 6.07 Å². The van der Waals surface area contributed by atoms with Gasteiger partial charge in [0.1, 0.15) is 11.6 Å². The molecule has 1 N–H and O–H groups in total. The Morgan fingerprint density at radius 1 is 0.815 bits per heavy atom. The van der Waals surface area contributed by atoms with Gasteiger partial charge in [0.25, 0.3) is 0 Å². The van der Waals surface area contributed by atoms with Crippen LogP contribution in [0.2, 0.25) is 10.0 Å². The molecule has 0 bridgehead atoms. The molecule has 3 aromatic rings. The van der Waals surface area contributed by atoms with E-state index in [0.717, 1.165) is 5.56 Å². The highest BCUT2D eigenvalue weighted by Crippen LogP contribution is 2.27. The van der Waals surface area contributed by atoms with Crippen LogP contribution in [0.25, 0.3) is 5.70 Å². The molecule has 0 heterocycles. The van der Waals surface area contributed by atoms with E-state index in [2.05, 4.69) is 10.3 Å². The monoisotopic (exact) mass is 402 g/mol. The molecule has 0 amide bonds. The van der Waals surface area contributed by atoms with Crippen molar-refractivity contribution in [3.8, 4) is 0 Å². The molecule has 0 aliphatic heterocycles. The Morgan fingerprint density at radius 3 is 2.07 bits per heavy atom. The van der Waals surface area contributed by atoms with Crippen LogP contribution in [0, 0.1) is 11.6 Å². The van der Waals surface area contributed by atoms with Crippen molar-refractivity contribution in [2.75, 3.05) is 5.32 Å². The summed E-state index contributed by atoms with van der Waals surface area (Å²) in [5, 5.41) is 4.07. The van der Waals surface area contributed by atoms with E-state index in [1.54, 1.807) is 48.7 Å². The summed E-state index contributed by atoms with van der Waals surface area (Å²) < 4.78 is 26.1. The molecule has 0 unspecified atom stereocenters. The Kier molecular flexibility index (Phi) is 6.22. The molecular formula is C21H14Cl2F2N2. The number of aliphatic imine (C=N–C) groups is 1. The van der Waals surface area contributed by atoms with Crippen molar-refractivity contribution in [1.29, 1.82) is 0 Å². The maximum atomic E-state index is 13.1. The zero-order chi connectivity index (χ0) is 19.2. The Labute approximate surface area is 165 Å². The smallest absolute Gasteiger partial charge is 0.123 e. The fourth-order valence-electron chi connectivity index (χ4n) is 2.29. The summed E-state index contributed by atoms with van der Waals surface area (Å²) in [6, 6.07) is 17.0. The number of allylic oxidation sites excluding steroid dienone is 1. The van der Waals surface area contributed by atoms with Crippen molar-refractivity contribution >= 4 is 46.5 Å². The van der Waals surface area contributed by atoms with Gasteiger partial charge < -0.3 is 5.32 Å². The maximum absolute atomic E-state index is 13.1. The first-order valence-electron chi connectivity index (χ1n) is 7.99. The van der Waals surface area contributed by atoms with Gasteiger partial charge in [0.2, 0.25) is 0 Å². The van der Waals surface area contributed by atoms with Gasteiger partial charge >= 0.3 is 0 Å². The van der Waals surface area contributed by atoms with Crippen molar-refractivity contribution in [3.63, 3.8) is 0 Å². The topological polar surface area (TPSA) is 24.4 Å². The summed E-state index contributed by atoms with van der Waals surface area (Å²) in [5.41, 5.74) is 2.78. The SMILES string of the molecule is Fc1ccc(N=C/C=C(/Nc2ccc(F)cc2)c2ccc(Cl)c(Cl)c2)cc1. The van der Waals surface area contributed by atoms with E-state index in [9.17, 15) is 8.78 Å². The molecular weight excluding hydrogens is 389 g/mol. The lowest BCUT2D eigenvalue weighted by Crippen LogP contribution is -1.99. The third-order valence-corrected chi connectivity index (χ3v) is 4.38. The van der Waals surface area contributed by atoms with E-state index in [0.29, 0.717) is 27.1 Å². The van der Waals surface area contributed by atoms with Crippen LogP contribution in [0.3, 0.4) is 0 Å². The normalized spacial score (nSPS) is 11.8. The Hall–Kier alpha value is -2.69. The molecule has 0 fully saturated rings. The van der Waals surface area contributed by atoms with Crippen molar-refractivity contribution in [1.82, 2.24) is 0 Å². The van der Waals surface area contributed by atoms with Crippen LogP contribution < -0.4 is 5.32 Å². The number of nitrogens with zero attached hydrogens (tertiary/aromatic N) is 1. The lowest BCUT2D eigenvalue weighted by molar-refractivity contribution is 0.627. The van der Waals surface area contributed by atoms with Crippen LogP contribution in [-0.4, -0.2) is 6.21 Å². The van der Waals surface area contributed by atoms with Gasteiger partial charge in [-0.3, -0.25) is 4.99 Å². The lowest BCUT2D eigenvalue weighted by atomic mass is 10.1. The van der Waals surface area contributed by atoms with E-state index < -0.39 is 0 Å². The second kappa shape index (κ2) is 8.80. The lowest BCUT2D eigenvalue weighted by Gasteiger charge is -2.12. The second-order valence-electron chi connectivity index (χ2n) is 5.60. The van der Waals surface area contributed by atoms with Crippen molar-refractivity contribution in [2.45, 2.75) is 0 Å². The minimum atomic E-state index is -0.321. The zero-order valence-corrected chi connectivity index (χ0v) is 15.5. The molecule has 27 heavy (non-hydrogen) atoms. The van der Waals surface area contributed by atoms with Crippen molar-refractivity contribution < 1.29 is 8.78 Å². The summed E-state index contributed by atoms with van der Waals surface area (Å²) in [4.78, 5) is 4.28. The van der Waals surface area contributed by atoms with Gasteiger partial charge in [-0.15, -0.1) is 0 Å². The number of anilines is 1. The Balaban J connectivity index is 1.91. The Bertz CT molecular complexity index is 982. The summed E-state index contributed by atoms with van der Waals surface area (Å²) in [7, 11) is 0. The molecule has 0 radical (unpaired) electrons. The number of hydrogen-bond acceptors (Lipinski definition) is 2. The molecule has 2 nitrogen and oxygen atoms in total. The largest absolute Gasteiger partial charge is 0.355 e. The van der Waals surface area contributed by atoms with Crippen LogP contribution in [-0.2, 0) is 0 Å². The van der Waals surface area contributed by atoms with Crippen LogP contribution in [0.4, 0.5) is 20.2 Å². The van der Waals surface area contributed by atoms with E-state index >= 15 is 0 Å². The molecule has 0 saturated carbocycles. The number of halogens is 4. The highest BCUT2D eigenvalue weighted by atomic mass is 35.5. The zero-order valence-electron chi connectivity index (χ0n) is 14.0. The summed E-state index contributed by atoms with van der Waals surface area (Å²) >= 11 is 12.1. The average Bonchev–Trinajstić information content (AvgIpc) is 2.66. The van der Waals surface area contributed by atoms with Crippen LogP contribution in [0.5, 0.6) is 0 Å². The predicted octanol–water partition coefficient (Wildman–Crippen LogP) is 7.13. The molecule has 136 valence electrons. The van der Waals surface area contributed by atoms with Crippen LogP contribution in [0.15, 0.2) is 77.8 Å². The van der Waals surface area contributed by atoms with Gasteiger partial charge in [0.05, 0.1) is 15.7 Å². The number of rotatable bonds is 5. The molecule has 3 rings (SSSR count). The summed E-state index contributed by atoms with van der Waals surface area (Å²) in [5.74, 6) is -0.641. The molecule has 0 aliphatic rings. The van der Waals surface area contributed by atoms with Crippen LogP contribution in [0.1, 0.15) is 5.56 Å². The minimum absolute atomic E-state index is 0.320. The quantitative estimate of drug-likeness (QED) is 0.451. The van der Waals surface area contributed by atoms with E-state index in [4.69, 9.17) is 23.2 Å². The van der Waals surface area contributed by atoms with Gasteiger partial charge in [0, 0.05) is 17.6 Å². The first-order chi connectivity index (χ1) is 13.0. The molecule has 0 spiro atoms. The van der Waals surface area contributed by atoms with E-state index in [-0.39, 0.29) is 11.6 Å². The minimum Gasteiger partial charge on any atom is -0.355 e. The summed E-state index contributed by atoms with van der Waals surface area (Å²) in [6.07, 6.45) is 3.33. The van der Waals surface area contributed by atoms with Gasteiger partial charge in [0.15, 0.2) is 0 Å². The average molecular weight is 403 g/mol. The van der Waals surface area contributed by atoms with Crippen LogP contribution >= 0.6 is 23.2 Å². The van der Waals surface area contributed by atoms with Gasteiger partial charge in [-0.2, -0.15) is 0 Å². The molecule has 6 heteroatoms. The van der Waals surface area contributed by atoms with E-state index in [1.165, 1.54) is 24.3 Å². The molecule has 3 aromatic carbocycles. The molecule has 0 saturated heterocycles. The van der Waals surface area contributed by atoms with Crippen molar-refractivity contribution in [3.05, 3.63) is 100 Å². The van der Waals surface area contributed by atoms with Gasteiger partial charge in [-0.05, 0) is 72.3 Å². The third-order valence-electron chi connectivity index (χ3n) is 3.65. The van der Waals surface area contributed by atoms with Crippen molar-refractivity contribution in [2.24, 2.45) is 4.99 Å². The highest BCUT2D eigenvalue weighted by Gasteiger charge is 2.06. The predicted molar refractivity (Wildman–Crippen MR) is 109 cm³/mol. The standard InChI is InChI=1S/C21H14Cl2F2N2/c22-19-10-1-14(13-20(19)23)21(27-18-8-4-16(25)5-9-18)11-12-26-17-6-2-15(24)3-7-17/h1-13,27H/b21-11+,26-12?. The Morgan fingerprint density at radius 2 is 1.44 bits per heavy atom. The molecule has 0 aromatic heterocycles. The maximum Gasteiger partial charge on any atom is 0.123 e. The number of benzene rings is 3. The number of hydrogen-bond donors (Lipinski definition) is 1.